The highest BCUT2D eigenvalue weighted by Gasteiger charge is 2.66. The molecule has 7 heteroatoms. The van der Waals surface area contributed by atoms with E-state index in [0.717, 1.165) is 30.2 Å². The lowest BCUT2D eigenvalue weighted by atomic mass is 9.73. The molecular weight excluding hydrogens is 496 g/mol. The Bertz CT molecular complexity index is 964. The van der Waals surface area contributed by atoms with Gasteiger partial charge < -0.3 is 23.7 Å². The molecule has 0 saturated heterocycles. The van der Waals surface area contributed by atoms with E-state index in [1.807, 2.05) is 30.3 Å². The largest absolute Gasteiger partial charge is 0.497 e. The molecule has 0 radical (unpaired) electrons. The van der Waals surface area contributed by atoms with Crippen LogP contribution in [0.4, 0.5) is 0 Å². The second-order valence-electron chi connectivity index (χ2n) is 12.5. The third kappa shape index (κ3) is 7.59. The fraction of sp³-hybridized carbons (Fsp3) is 0.645. The lowest BCUT2D eigenvalue weighted by Gasteiger charge is -2.40. The van der Waals surface area contributed by atoms with E-state index < -0.39 is 13.7 Å². The van der Waals surface area contributed by atoms with Gasteiger partial charge in [0, 0.05) is 32.6 Å². The monoisotopic (exact) mass is 544 g/mol. The molecule has 3 rings (SSSR count). The normalized spacial score (nSPS) is 26.4. The zero-order chi connectivity index (χ0) is 28.0. The van der Waals surface area contributed by atoms with Gasteiger partial charge in [-0.1, -0.05) is 57.8 Å². The lowest BCUT2D eigenvalue weighted by Crippen LogP contribution is -2.43. The number of carbonyl (C=O) groups excluding carboxylic acids is 1. The summed E-state index contributed by atoms with van der Waals surface area (Å²) in [6.45, 7) is 17.7. The summed E-state index contributed by atoms with van der Waals surface area (Å²) < 4.78 is 28.7. The SMILES string of the molecule is C=C[C@@]1(OCOCC[Si](C)(C)C)CC[C@@H]2[C@H]([C@@H]1/C=C(\CCOCc1ccc(OC)cc1)C(=O)OC)C2(C)C. The van der Waals surface area contributed by atoms with Crippen LogP contribution < -0.4 is 4.74 Å². The average Bonchev–Trinajstić information content (AvgIpc) is 3.45. The van der Waals surface area contributed by atoms with Crippen molar-refractivity contribution in [1.29, 1.82) is 0 Å². The average molecular weight is 545 g/mol. The highest BCUT2D eigenvalue weighted by molar-refractivity contribution is 6.76. The van der Waals surface area contributed by atoms with Crippen molar-refractivity contribution in [2.45, 2.75) is 71.0 Å². The van der Waals surface area contributed by atoms with Crippen LogP contribution in [0.3, 0.4) is 0 Å². The van der Waals surface area contributed by atoms with Crippen LogP contribution in [0.1, 0.15) is 38.7 Å². The fourth-order valence-electron chi connectivity index (χ4n) is 5.90. The van der Waals surface area contributed by atoms with E-state index >= 15 is 0 Å². The summed E-state index contributed by atoms with van der Waals surface area (Å²) in [7, 11) is 1.91. The summed E-state index contributed by atoms with van der Waals surface area (Å²) in [6, 6.07) is 8.89. The molecule has 0 aliphatic heterocycles. The van der Waals surface area contributed by atoms with E-state index in [1.165, 1.54) is 7.11 Å². The first-order chi connectivity index (χ1) is 18.0. The molecule has 2 aliphatic carbocycles. The highest BCUT2D eigenvalue weighted by Crippen LogP contribution is 2.69. The topological polar surface area (TPSA) is 63.2 Å². The van der Waals surface area contributed by atoms with Gasteiger partial charge in [-0.3, -0.25) is 0 Å². The van der Waals surface area contributed by atoms with Crippen LogP contribution in [0.25, 0.3) is 0 Å². The number of hydrogen-bond donors (Lipinski definition) is 0. The zero-order valence-electron chi connectivity index (χ0n) is 24.5. The smallest absolute Gasteiger partial charge is 0.333 e. The molecule has 38 heavy (non-hydrogen) atoms. The Kier molecular flexibility index (Phi) is 10.4. The first-order valence-electron chi connectivity index (χ1n) is 13.8. The predicted octanol–water partition coefficient (Wildman–Crippen LogP) is 6.64. The molecule has 212 valence electrons. The molecule has 1 aromatic carbocycles. The maximum Gasteiger partial charge on any atom is 0.333 e. The van der Waals surface area contributed by atoms with E-state index in [4.69, 9.17) is 23.7 Å². The van der Waals surface area contributed by atoms with Crippen LogP contribution in [0.5, 0.6) is 5.75 Å². The molecule has 0 spiro atoms. The van der Waals surface area contributed by atoms with Gasteiger partial charge in [0.2, 0.25) is 0 Å². The minimum Gasteiger partial charge on any atom is -0.497 e. The number of carbonyl (C=O) groups is 1. The van der Waals surface area contributed by atoms with Crippen molar-refractivity contribution in [3.8, 4) is 5.75 Å². The van der Waals surface area contributed by atoms with Crippen LogP contribution in [0, 0.1) is 23.2 Å². The number of methoxy groups -OCH3 is 2. The Labute approximate surface area is 230 Å². The van der Waals surface area contributed by atoms with Gasteiger partial charge >= 0.3 is 5.97 Å². The summed E-state index contributed by atoms with van der Waals surface area (Å²) >= 11 is 0. The first-order valence-corrected chi connectivity index (χ1v) is 17.5. The van der Waals surface area contributed by atoms with E-state index in [0.29, 0.717) is 43.7 Å². The third-order valence-corrected chi connectivity index (χ3v) is 10.2. The number of fused-ring (bicyclic) bond motifs is 1. The van der Waals surface area contributed by atoms with Crippen molar-refractivity contribution in [1.82, 2.24) is 0 Å². The van der Waals surface area contributed by atoms with Gasteiger partial charge in [-0.2, -0.15) is 0 Å². The first kappa shape index (κ1) is 30.6. The number of hydrogen-bond acceptors (Lipinski definition) is 6. The van der Waals surface area contributed by atoms with Gasteiger partial charge in [-0.25, -0.2) is 4.79 Å². The second-order valence-corrected chi connectivity index (χ2v) is 18.1. The number of ether oxygens (including phenoxy) is 5. The Morgan fingerprint density at radius 1 is 1.11 bits per heavy atom. The van der Waals surface area contributed by atoms with E-state index in [9.17, 15) is 4.79 Å². The van der Waals surface area contributed by atoms with Gasteiger partial charge in [0.05, 0.1) is 33.0 Å². The Hall–Kier alpha value is -1.93. The Morgan fingerprint density at radius 3 is 2.42 bits per heavy atom. The van der Waals surface area contributed by atoms with Crippen molar-refractivity contribution in [3.05, 3.63) is 54.1 Å². The second kappa shape index (κ2) is 12.9. The van der Waals surface area contributed by atoms with Gasteiger partial charge in [-0.15, -0.1) is 6.58 Å². The molecule has 2 saturated carbocycles. The van der Waals surface area contributed by atoms with Crippen molar-refractivity contribution >= 4 is 14.0 Å². The van der Waals surface area contributed by atoms with Gasteiger partial charge in [-0.05, 0) is 53.8 Å². The highest BCUT2D eigenvalue weighted by atomic mass is 28.3. The van der Waals surface area contributed by atoms with Crippen molar-refractivity contribution in [2.24, 2.45) is 23.2 Å². The number of rotatable bonds is 15. The molecule has 0 unspecified atom stereocenters. The molecule has 6 nitrogen and oxygen atoms in total. The molecule has 0 amide bonds. The molecular formula is C31H48O6Si. The van der Waals surface area contributed by atoms with Crippen molar-refractivity contribution in [2.75, 3.05) is 34.2 Å². The van der Waals surface area contributed by atoms with Crippen molar-refractivity contribution in [3.63, 3.8) is 0 Å². The van der Waals surface area contributed by atoms with Crippen LogP contribution >= 0.6 is 0 Å². The quantitative estimate of drug-likeness (QED) is 0.0616. The minimum absolute atomic E-state index is 0.0185. The van der Waals surface area contributed by atoms with E-state index in [2.05, 4.69) is 46.1 Å². The fourth-order valence-corrected chi connectivity index (χ4v) is 6.65. The summed E-state index contributed by atoms with van der Waals surface area (Å²) in [5, 5.41) is 0. The van der Waals surface area contributed by atoms with Gasteiger partial charge in [0.15, 0.2) is 0 Å². The van der Waals surface area contributed by atoms with Crippen LogP contribution in [0.2, 0.25) is 25.7 Å². The summed E-state index contributed by atoms with van der Waals surface area (Å²) in [4.78, 5) is 12.8. The molecule has 2 aliphatic rings. The predicted molar refractivity (Wildman–Crippen MR) is 154 cm³/mol. The van der Waals surface area contributed by atoms with Gasteiger partial charge in [0.25, 0.3) is 0 Å². The molecule has 0 bridgehead atoms. The maximum atomic E-state index is 12.8. The molecule has 0 aromatic heterocycles. The summed E-state index contributed by atoms with van der Waals surface area (Å²) in [5.41, 5.74) is 1.31. The molecule has 2 fully saturated rings. The van der Waals surface area contributed by atoms with E-state index in [1.54, 1.807) is 7.11 Å². The number of benzene rings is 1. The summed E-state index contributed by atoms with van der Waals surface area (Å²) in [6.07, 6.45) is 6.45. The minimum atomic E-state index is -1.17. The van der Waals surface area contributed by atoms with Crippen LogP contribution in [-0.2, 0) is 30.3 Å². The van der Waals surface area contributed by atoms with Gasteiger partial charge in [0.1, 0.15) is 12.5 Å². The number of esters is 1. The molecule has 4 atom stereocenters. The maximum absolute atomic E-state index is 12.8. The molecule has 1 aromatic rings. The van der Waals surface area contributed by atoms with Crippen LogP contribution in [0.15, 0.2) is 48.6 Å². The van der Waals surface area contributed by atoms with Crippen LogP contribution in [-0.4, -0.2) is 53.9 Å². The van der Waals surface area contributed by atoms with Crippen molar-refractivity contribution < 1.29 is 28.5 Å². The standard InChI is InChI=1S/C31H48O6Si/c1-9-31(37-22-36-18-19-38(6,7)8)16-14-26-28(30(26,2)3)27(31)20-24(29(32)34-5)15-17-35-21-23-10-12-25(33-4)13-11-23/h9-13,20,26-28H,1,14-19,21-22H2,2-8H3/b24-20+/t26-,27+,28-,31-/m1/s1. The Morgan fingerprint density at radius 2 is 1.82 bits per heavy atom. The Balaban J connectivity index is 1.71. The third-order valence-electron chi connectivity index (χ3n) is 8.46. The molecule has 0 heterocycles. The summed E-state index contributed by atoms with van der Waals surface area (Å²) in [5.74, 6) is 1.54. The van der Waals surface area contributed by atoms with E-state index in [-0.39, 0.29) is 24.1 Å². The zero-order valence-corrected chi connectivity index (χ0v) is 25.5. The molecule has 0 N–H and O–H groups in total. The lowest BCUT2D eigenvalue weighted by molar-refractivity contribution is -0.148.